The van der Waals surface area contributed by atoms with Gasteiger partial charge in [-0.15, -0.1) is 0 Å². The van der Waals surface area contributed by atoms with Gasteiger partial charge in [-0.3, -0.25) is 14.5 Å². The number of carbonyl (C=O) groups is 1. The van der Waals surface area contributed by atoms with E-state index < -0.39 is 0 Å². The molecule has 1 amide bonds. The minimum atomic E-state index is -0.187. The highest BCUT2D eigenvalue weighted by Crippen LogP contribution is 2.30. The normalized spacial score (nSPS) is 16.9. The van der Waals surface area contributed by atoms with Gasteiger partial charge in [0.1, 0.15) is 5.69 Å². The molecule has 0 radical (unpaired) electrons. The molecule has 0 aliphatic carbocycles. The van der Waals surface area contributed by atoms with Crippen LogP contribution in [0.15, 0.2) is 48.9 Å². The van der Waals surface area contributed by atoms with Crippen molar-refractivity contribution in [3.05, 3.63) is 77.1 Å². The van der Waals surface area contributed by atoms with Crippen molar-refractivity contribution in [2.24, 2.45) is 0 Å². The van der Waals surface area contributed by atoms with E-state index in [9.17, 15) is 4.79 Å². The maximum atomic E-state index is 13.0. The fourth-order valence-corrected chi connectivity index (χ4v) is 3.75. The number of morpholine rings is 1. The molecule has 0 bridgehead atoms. The van der Waals surface area contributed by atoms with E-state index in [0.717, 1.165) is 17.0 Å². The minimum absolute atomic E-state index is 0.129. The molecule has 3 aromatic rings. The van der Waals surface area contributed by atoms with E-state index in [0.29, 0.717) is 32.0 Å². The van der Waals surface area contributed by atoms with Gasteiger partial charge < -0.3 is 9.64 Å². The number of aromatic nitrogens is 4. The molecule has 1 aliphatic heterocycles. The second-order valence-electron chi connectivity index (χ2n) is 6.91. The number of aryl methyl sites for hydroxylation is 1. The van der Waals surface area contributed by atoms with Crippen molar-refractivity contribution in [2.75, 3.05) is 19.8 Å². The number of ether oxygens (including phenoxy) is 1. The highest BCUT2D eigenvalue weighted by molar-refractivity contribution is 5.92. The first-order valence-corrected chi connectivity index (χ1v) is 9.37. The fraction of sp³-hybridized carbons (Fsp3) is 0.333. The number of hydrogen-bond acceptors (Lipinski definition) is 5. The Bertz CT molecular complexity index is 956. The van der Waals surface area contributed by atoms with E-state index in [1.54, 1.807) is 6.20 Å². The zero-order valence-electron chi connectivity index (χ0n) is 16.1. The second kappa shape index (κ2) is 7.90. The third-order valence-electron chi connectivity index (χ3n) is 5.12. The molecule has 1 saturated heterocycles. The molecule has 1 aromatic carbocycles. The van der Waals surface area contributed by atoms with Crippen molar-refractivity contribution in [3.63, 3.8) is 0 Å². The highest BCUT2D eigenvalue weighted by Gasteiger charge is 2.33. The average molecular weight is 377 g/mol. The van der Waals surface area contributed by atoms with Crippen LogP contribution < -0.4 is 0 Å². The van der Waals surface area contributed by atoms with Crippen LogP contribution in [-0.4, -0.2) is 50.3 Å². The summed E-state index contributed by atoms with van der Waals surface area (Å²) >= 11 is 0. The topological polar surface area (TPSA) is 73.1 Å². The molecule has 144 valence electrons. The van der Waals surface area contributed by atoms with Crippen LogP contribution in [0.2, 0.25) is 0 Å². The predicted octanol–water partition coefficient (Wildman–Crippen LogP) is 2.55. The fourth-order valence-electron chi connectivity index (χ4n) is 3.75. The van der Waals surface area contributed by atoms with E-state index in [1.165, 1.54) is 18.0 Å². The van der Waals surface area contributed by atoms with E-state index in [1.807, 2.05) is 34.7 Å². The number of hydrogen-bond donors (Lipinski definition) is 0. The molecule has 0 spiro atoms. The number of benzene rings is 1. The lowest BCUT2D eigenvalue weighted by Crippen LogP contribution is -2.44. The van der Waals surface area contributed by atoms with Crippen molar-refractivity contribution in [1.29, 1.82) is 0 Å². The summed E-state index contributed by atoms with van der Waals surface area (Å²) in [6.07, 6.45) is 4.61. The molecule has 28 heavy (non-hydrogen) atoms. The van der Waals surface area contributed by atoms with E-state index in [4.69, 9.17) is 9.84 Å². The van der Waals surface area contributed by atoms with Crippen LogP contribution in [-0.2, 0) is 11.3 Å². The maximum absolute atomic E-state index is 13.0. The van der Waals surface area contributed by atoms with Gasteiger partial charge >= 0.3 is 0 Å². The van der Waals surface area contributed by atoms with E-state index in [-0.39, 0.29) is 11.9 Å². The molecule has 2 aromatic heterocycles. The average Bonchev–Trinajstić information content (AvgIpc) is 3.01. The lowest BCUT2D eigenvalue weighted by atomic mass is 10.0. The lowest BCUT2D eigenvalue weighted by Gasteiger charge is -2.35. The van der Waals surface area contributed by atoms with Gasteiger partial charge in [0.25, 0.3) is 5.91 Å². The number of carbonyl (C=O) groups excluding carboxylic acids is 1. The van der Waals surface area contributed by atoms with Gasteiger partial charge in [-0.1, -0.05) is 30.3 Å². The van der Waals surface area contributed by atoms with Crippen LogP contribution >= 0.6 is 0 Å². The Hall–Kier alpha value is -3.06. The molecular formula is C21H23N5O2. The Labute approximate surface area is 164 Å². The van der Waals surface area contributed by atoms with E-state index in [2.05, 4.69) is 29.0 Å². The number of amides is 1. The van der Waals surface area contributed by atoms with Crippen molar-refractivity contribution >= 4 is 5.91 Å². The summed E-state index contributed by atoms with van der Waals surface area (Å²) in [6.45, 7) is 6.22. The largest absolute Gasteiger partial charge is 0.377 e. The van der Waals surface area contributed by atoms with Crippen molar-refractivity contribution in [2.45, 2.75) is 26.4 Å². The second-order valence-corrected chi connectivity index (χ2v) is 6.91. The summed E-state index contributed by atoms with van der Waals surface area (Å²) in [5.41, 5.74) is 4.55. The summed E-state index contributed by atoms with van der Waals surface area (Å²) in [7, 11) is 0. The maximum Gasteiger partial charge on any atom is 0.274 e. The Balaban J connectivity index is 1.65. The Morgan fingerprint density at radius 3 is 2.79 bits per heavy atom. The molecule has 1 atom stereocenters. The van der Waals surface area contributed by atoms with Gasteiger partial charge in [-0.05, 0) is 19.4 Å². The minimum Gasteiger partial charge on any atom is -0.377 e. The summed E-state index contributed by atoms with van der Waals surface area (Å²) in [5.74, 6) is -0.129. The van der Waals surface area contributed by atoms with Gasteiger partial charge in [-0.25, -0.2) is 4.98 Å². The first-order valence-electron chi connectivity index (χ1n) is 9.37. The molecule has 0 N–H and O–H groups in total. The first kappa shape index (κ1) is 18.3. The molecule has 0 unspecified atom stereocenters. The molecular weight excluding hydrogens is 354 g/mol. The Kier molecular flexibility index (Phi) is 5.16. The van der Waals surface area contributed by atoms with Gasteiger partial charge in [0.15, 0.2) is 0 Å². The molecule has 7 nitrogen and oxygen atoms in total. The highest BCUT2D eigenvalue weighted by atomic mass is 16.5. The van der Waals surface area contributed by atoms with Crippen molar-refractivity contribution < 1.29 is 9.53 Å². The predicted molar refractivity (Wildman–Crippen MR) is 104 cm³/mol. The summed E-state index contributed by atoms with van der Waals surface area (Å²) in [4.78, 5) is 23.1. The third-order valence-corrected chi connectivity index (χ3v) is 5.12. The quantitative estimate of drug-likeness (QED) is 0.699. The third kappa shape index (κ3) is 3.53. The van der Waals surface area contributed by atoms with Crippen LogP contribution in [0.1, 0.15) is 39.0 Å². The first-order chi connectivity index (χ1) is 13.6. The lowest BCUT2D eigenvalue weighted by molar-refractivity contribution is -0.00339. The molecule has 1 aliphatic rings. The van der Waals surface area contributed by atoms with Gasteiger partial charge in [0.05, 0.1) is 37.7 Å². The van der Waals surface area contributed by atoms with Gasteiger partial charge in [0, 0.05) is 30.2 Å². The Morgan fingerprint density at radius 2 is 2.04 bits per heavy atom. The molecule has 3 heterocycles. The van der Waals surface area contributed by atoms with Gasteiger partial charge in [0.2, 0.25) is 0 Å². The van der Waals surface area contributed by atoms with Crippen LogP contribution in [0.25, 0.3) is 0 Å². The summed E-state index contributed by atoms with van der Waals surface area (Å²) in [6, 6.07) is 10.0. The smallest absolute Gasteiger partial charge is 0.274 e. The van der Waals surface area contributed by atoms with Crippen LogP contribution in [0.4, 0.5) is 0 Å². The summed E-state index contributed by atoms with van der Waals surface area (Å²) < 4.78 is 7.72. The van der Waals surface area contributed by atoms with Crippen molar-refractivity contribution in [1.82, 2.24) is 24.6 Å². The molecule has 1 fully saturated rings. The van der Waals surface area contributed by atoms with E-state index >= 15 is 0 Å². The molecule has 4 rings (SSSR count). The van der Waals surface area contributed by atoms with Crippen molar-refractivity contribution in [3.8, 4) is 0 Å². The van der Waals surface area contributed by atoms with Crippen LogP contribution in [0.3, 0.4) is 0 Å². The molecule has 0 saturated carbocycles. The SMILES string of the molecule is Cc1nn(Cc2ccccc2)c(C)c1[C@H]1COCCN1C(=O)c1cnccn1. The van der Waals surface area contributed by atoms with Gasteiger partial charge in [-0.2, -0.15) is 5.10 Å². The summed E-state index contributed by atoms with van der Waals surface area (Å²) in [5, 5.41) is 4.74. The zero-order chi connectivity index (χ0) is 19.5. The number of nitrogens with zero attached hydrogens (tertiary/aromatic N) is 5. The standard InChI is InChI=1S/C21H23N5O2/c1-15-20(16(2)26(24-15)13-17-6-4-3-5-7-17)19-14-28-11-10-25(19)21(27)18-12-22-8-9-23-18/h3-9,12,19H,10-11,13-14H2,1-2H3/t19-/m1/s1. The zero-order valence-corrected chi connectivity index (χ0v) is 16.1. The number of rotatable bonds is 4. The Morgan fingerprint density at radius 1 is 1.21 bits per heavy atom. The van der Waals surface area contributed by atoms with Crippen LogP contribution in [0.5, 0.6) is 0 Å². The monoisotopic (exact) mass is 377 g/mol. The molecule has 7 heteroatoms. The van der Waals surface area contributed by atoms with Crippen LogP contribution in [0, 0.1) is 13.8 Å².